The Morgan fingerprint density at radius 1 is 1.00 bits per heavy atom. The van der Waals surface area contributed by atoms with Crippen LogP contribution in [0.1, 0.15) is 12.8 Å². The second-order valence-electron chi connectivity index (χ2n) is 5.89. The van der Waals surface area contributed by atoms with Gasteiger partial charge in [0.25, 0.3) is 5.69 Å². The molecule has 1 aliphatic heterocycles. The zero-order valence-electron chi connectivity index (χ0n) is 13.1. The molecule has 0 bridgehead atoms. The highest BCUT2D eigenvalue weighted by molar-refractivity contribution is 5.91. The average molecular weight is 320 g/mol. The molecule has 3 aromatic rings. The van der Waals surface area contributed by atoms with Crippen LogP contribution in [0.25, 0.3) is 22.3 Å². The van der Waals surface area contributed by atoms with Gasteiger partial charge in [-0.15, -0.1) is 0 Å². The fraction of sp³-hybridized carbons (Fsp3) is 0.222. The highest BCUT2D eigenvalue weighted by Gasteiger charge is 2.19. The Hall–Kier alpha value is -3.02. The second kappa shape index (κ2) is 5.88. The molecule has 1 aliphatic rings. The molecule has 4 rings (SSSR count). The molecule has 120 valence electrons. The summed E-state index contributed by atoms with van der Waals surface area (Å²) >= 11 is 0. The van der Waals surface area contributed by atoms with Gasteiger partial charge >= 0.3 is 0 Å². The molecule has 0 spiro atoms. The van der Waals surface area contributed by atoms with Crippen LogP contribution in [0.4, 0.5) is 11.5 Å². The second-order valence-corrected chi connectivity index (χ2v) is 5.89. The van der Waals surface area contributed by atoms with Crippen molar-refractivity contribution in [3.8, 4) is 11.4 Å². The van der Waals surface area contributed by atoms with Crippen LogP contribution < -0.4 is 4.90 Å². The minimum atomic E-state index is -0.397. The van der Waals surface area contributed by atoms with Crippen molar-refractivity contribution in [1.82, 2.24) is 9.97 Å². The van der Waals surface area contributed by atoms with Gasteiger partial charge in [0.05, 0.1) is 10.4 Å². The van der Waals surface area contributed by atoms with Crippen molar-refractivity contribution < 1.29 is 4.92 Å². The zero-order chi connectivity index (χ0) is 16.5. The maximum Gasteiger partial charge on any atom is 0.270 e. The van der Waals surface area contributed by atoms with Crippen LogP contribution in [0.2, 0.25) is 0 Å². The lowest BCUT2D eigenvalue weighted by Crippen LogP contribution is -2.19. The monoisotopic (exact) mass is 320 g/mol. The summed E-state index contributed by atoms with van der Waals surface area (Å²) in [7, 11) is 0. The largest absolute Gasteiger partial charge is 0.356 e. The summed E-state index contributed by atoms with van der Waals surface area (Å²) in [5.41, 5.74) is 1.57. The lowest BCUT2D eigenvalue weighted by molar-refractivity contribution is -0.384. The summed E-state index contributed by atoms with van der Waals surface area (Å²) in [5, 5.41) is 12.1. The Morgan fingerprint density at radius 3 is 2.58 bits per heavy atom. The lowest BCUT2D eigenvalue weighted by Gasteiger charge is -2.19. The summed E-state index contributed by atoms with van der Waals surface area (Å²) in [6.45, 7) is 1.96. The Bertz CT molecular complexity index is 920. The van der Waals surface area contributed by atoms with Crippen LogP contribution in [0.15, 0.2) is 48.5 Å². The molecule has 1 aromatic heterocycles. The molecule has 1 saturated heterocycles. The molecular formula is C18H16N4O2. The number of benzene rings is 2. The number of hydrogen-bond acceptors (Lipinski definition) is 5. The topological polar surface area (TPSA) is 72.2 Å². The maximum absolute atomic E-state index is 11.0. The smallest absolute Gasteiger partial charge is 0.270 e. The third kappa shape index (κ3) is 2.56. The highest BCUT2D eigenvalue weighted by Crippen LogP contribution is 2.30. The van der Waals surface area contributed by atoms with Gasteiger partial charge in [0.1, 0.15) is 5.82 Å². The molecule has 2 aromatic carbocycles. The Morgan fingerprint density at radius 2 is 1.79 bits per heavy atom. The molecular weight excluding hydrogens is 304 g/mol. The normalized spacial score (nSPS) is 14.2. The number of hydrogen-bond donors (Lipinski definition) is 0. The first-order valence-electron chi connectivity index (χ1n) is 7.99. The molecule has 6 heteroatoms. The van der Waals surface area contributed by atoms with Gasteiger partial charge < -0.3 is 4.90 Å². The van der Waals surface area contributed by atoms with E-state index >= 15 is 0 Å². The van der Waals surface area contributed by atoms with Crippen molar-refractivity contribution in [3.05, 3.63) is 58.6 Å². The van der Waals surface area contributed by atoms with Gasteiger partial charge in [-0.25, -0.2) is 9.97 Å². The lowest BCUT2D eigenvalue weighted by atomic mass is 10.1. The summed E-state index contributed by atoms with van der Waals surface area (Å²) in [5.74, 6) is 1.44. The van der Waals surface area contributed by atoms with E-state index < -0.39 is 4.92 Å². The Labute approximate surface area is 138 Å². The minimum Gasteiger partial charge on any atom is -0.356 e. The number of nitro benzene ring substituents is 1. The minimum absolute atomic E-state index is 0.0481. The van der Waals surface area contributed by atoms with Crippen LogP contribution >= 0.6 is 0 Å². The van der Waals surface area contributed by atoms with Gasteiger partial charge in [-0.3, -0.25) is 10.1 Å². The van der Waals surface area contributed by atoms with E-state index in [1.165, 1.54) is 12.1 Å². The number of para-hydroxylation sites is 1. The van der Waals surface area contributed by atoms with Crippen LogP contribution in [0, 0.1) is 10.1 Å². The first kappa shape index (κ1) is 14.6. The molecule has 24 heavy (non-hydrogen) atoms. The van der Waals surface area contributed by atoms with E-state index in [1.807, 2.05) is 30.3 Å². The molecule has 1 fully saturated rings. The van der Waals surface area contributed by atoms with Crippen LogP contribution in [0.5, 0.6) is 0 Å². The van der Waals surface area contributed by atoms with E-state index in [0.29, 0.717) is 11.4 Å². The fourth-order valence-electron chi connectivity index (χ4n) is 3.12. The number of nitrogens with zero attached hydrogens (tertiary/aromatic N) is 4. The van der Waals surface area contributed by atoms with Crippen LogP contribution in [-0.4, -0.2) is 28.0 Å². The molecule has 0 aliphatic carbocycles. The molecule has 0 unspecified atom stereocenters. The van der Waals surface area contributed by atoms with Crippen molar-refractivity contribution in [1.29, 1.82) is 0 Å². The number of aromatic nitrogens is 2. The molecule has 2 heterocycles. The van der Waals surface area contributed by atoms with E-state index in [9.17, 15) is 10.1 Å². The van der Waals surface area contributed by atoms with Crippen LogP contribution in [-0.2, 0) is 0 Å². The molecule has 0 radical (unpaired) electrons. The van der Waals surface area contributed by atoms with Gasteiger partial charge in [-0.2, -0.15) is 0 Å². The van der Waals surface area contributed by atoms with Crippen molar-refractivity contribution >= 4 is 22.4 Å². The number of rotatable bonds is 3. The highest BCUT2D eigenvalue weighted by atomic mass is 16.6. The number of non-ortho nitro benzene ring substituents is 1. The summed E-state index contributed by atoms with van der Waals surface area (Å²) in [6, 6.07) is 14.4. The van der Waals surface area contributed by atoms with Crippen LogP contribution in [0.3, 0.4) is 0 Å². The third-order valence-electron chi connectivity index (χ3n) is 4.30. The third-order valence-corrected chi connectivity index (χ3v) is 4.30. The van der Waals surface area contributed by atoms with Crippen molar-refractivity contribution in [2.45, 2.75) is 12.8 Å². The molecule has 0 atom stereocenters. The fourth-order valence-corrected chi connectivity index (χ4v) is 3.12. The first-order valence-corrected chi connectivity index (χ1v) is 7.99. The van der Waals surface area contributed by atoms with E-state index in [1.54, 1.807) is 6.07 Å². The Balaban J connectivity index is 1.90. The molecule has 0 N–H and O–H groups in total. The van der Waals surface area contributed by atoms with E-state index in [4.69, 9.17) is 4.98 Å². The standard InChI is InChI=1S/C18H16N4O2/c23-22(24)14-7-5-6-13(12-14)17-19-16-9-2-1-8-15(16)18(20-17)21-10-3-4-11-21/h1-2,5-9,12H,3-4,10-11H2. The molecule has 6 nitrogen and oxygen atoms in total. The van der Waals surface area contributed by atoms with Gasteiger partial charge in [0.2, 0.25) is 0 Å². The maximum atomic E-state index is 11.0. The van der Waals surface area contributed by atoms with E-state index in [0.717, 1.165) is 42.7 Å². The Kier molecular flexibility index (Phi) is 3.57. The predicted molar refractivity (Wildman–Crippen MR) is 93.1 cm³/mol. The number of fused-ring (bicyclic) bond motifs is 1. The number of anilines is 1. The van der Waals surface area contributed by atoms with Gasteiger partial charge in [0.15, 0.2) is 5.82 Å². The van der Waals surface area contributed by atoms with Crippen molar-refractivity contribution in [2.75, 3.05) is 18.0 Å². The average Bonchev–Trinajstić information content (AvgIpc) is 3.15. The molecule has 0 amide bonds. The molecule has 0 saturated carbocycles. The summed E-state index contributed by atoms with van der Waals surface area (Å²) < 4.78 is 0. The van der Waals surface area contributed by atoms with Crippen molar-refractivity contribution in [2.24, 2.45) is 0 Å². The van der Waals surface area contributed by atoms with Gasteiger partial charge in [-0.1, -0.05) is 24.3 Å². The van der Waals surface area contributed by atoms with Gasteiger partial charge in [0, 0.05) is 36.2 Å². The summed E-state index contributed by atoms with van der Waals surface area (Å²) in [6.07, 6.45) is 2.31. The van der Waals surface area contributed by atoms with E-state index in [2.05, 4.69) is 9.88 Å². The van der Waals surface area contributed by atoms with Crippen molar-refractivity contribution in [3.63, 3.8) is 0 Å². The zero-order valence-corrected chi connectivity index (χ0v) is 13.1. The summed E-state index contributed by atoms with van der Waals surface area (Å²) in [4.78, 5) is 22.3. The quantitative estimate of drug-likeness (QED) is 0.542. The number of nitro groups is 1. The van der Waals surface area contributed by atoms with E-state index in [-0.39, 0.29) is 5.69 Å². The predicted octanol–water partition coefficient (Wildman–Crippen LogP) is 3.81. The SMILES string of the molecule is O=[N+]([O-])c1cccc(-c2nc(N3CCCC3)c3ccccc3n2)c1. The first-order chi connectivity index (χ1) is 11.7. The van der Waals surface area contributed by atoms with Gasteiger partial charge in [-0.05, 0) is 25.0 Å².